The van der Waals surface area contributed by atoms with Crippen LogP contribution in [0.5, 0.6) is 0 Å². The van der Waals surface area contributed by atoms with E-state index in [1.54, 1.807) is 0 Å². The largest absolute Gasteiger partial charge is 0.380 e. The van der Waals surface area contributed by atoms with Gasteiger partial charge in [0.05, 0.1) is 13.2 Å². The summed E-state index contributed by atoms with van der Waals surface area (Å²) in [5.74, 6) is -2.54. The van der Waals surface area contributed by atoms with E-state index in [9.17, 15) is 8.78 Å². The first-order chi connectivity index (χ1) is 8.12. The molecule has 2 heterocycles. The van der Waals surface area contributed by atoms with E-state index in [0.717, 1.165) is 25.9 Å². The number of halogens is 2. The second kappa shape index (κ2) is 5.59. The second-order valence-electron chi connectivity index (χ2n) is 5.03. The first-order valence-electron chi connectivity index (χ1n) is 6.54. The lowest BCUT2D eigenvalue weighted by Crippen LogP contribution is -2.47. The Labute approximate surface area is 101 Å². The van der Waals surface area contributed by atoms with Crippen molar-refractivity contribution < 1.29 is 13.5 Å². The third-order valence-corrected chi connectivity index (χ3v) is 3.71. The number of alkyl halides is 2. The van der Waals surface area contributed by atoms with Crippen molar-refractivity contribution in [3.63, 3.8) is 0 Å². The molecule has 17 heavy (non-hydrogen) atoms. The average Bonchev–Trinajstić information content (AvgIpc) is 2.63. The van der Waals surface area contributed by atoms with Crippen molar-refractivity contribution in [1.82, 2.24) is 10.2 Å². The minimum absolute atomic E-state index is 0.0447. The lowest BCUT2D eigenvalue weighted by molar-refractivity contribution is 0.00585. The highest BCUT2D eigenvalue weighted by molar-refractivity contribution is 4.94. The van der Waals surface area contributed by atoms with E-state index in [1.807, 2.05) is 11.8 Å². The number of likely N-dealkylation sites (tertiary alicyclic amines) is 1. The molecule has 0 bridgehead atoms. The summed E-state index contributed by atoms with van der Waals surface area (Å²) in [5.41, 5.74) is 0. The fraction of sp³-hybridized carbons (Fsp3) is 1.00. The van der Waals surface area contributed by atoms with Crippen LogP contribution in [0.25, 0.3) is 0 Å². The summed E-state index contributed by atoms with van der Waals surface area (Å²) in [7, 11) is 0. The molecule has 0 amide bonds. The Hall–Kier alpha value is -0.260. The Morgan fingerprint density at radius 1 is 1.35 bits per heavy atom. The van der Waals surface area contributed by atoms with Gasteiger partial charge < -0.3 is 10.1 Å². The number of nitrogens with zero attached hydrogens (tertiary/aromatic N) is 1. The fourth-order valence-electron chi connectivity index (χ4n) is 2.90. The predicted molar refractivity (Wildman–Crippen MR) is 62.4 cm³/mol. The summed E-state index contributed by atoms with van der Waals surface area (Å²) in [6.45, 7) is 4.73. The maximum absolute atomic E-state index is 13.5. The molecule has 0 saturated carbocycles. The molecule has 0 spiro atoms. The van der Waals surface area contributed by atoms with E-state index < -0.39 is 5.92 Å². The van der Waals surface area contributed by atoms with Crippen molar-refractivity contribution in [2.24, 2.45) is 0 Å². The molecule has 100 valence electrons. The molecule has 0 aromatic carbocycles. The fourth-order valence-corrected chi connectivity index (χ4v) is 2.90. The van der Waals surface area contributed by atoms with Gasteiger partial charge in [0.1, 0.15) is 0 Å². The van der Waals surface area contributed by atoms with E-state index in [0.29, 0.717) is 19.3 Å². The summed E-state index contributed by atoms with van der Waals surface area (Å²) in [6, 6.07) is 0.197. The van der Waals surface area contributed by atoms with Crippen molar-refractivity contribution in [2.45, 2.75) is 44.2 Å². The molecule has 0 radical (unpaired) electrons. The molecule has 3 nitrogen and oxygen atoms in total. The van der Waals surface area contributed by atoms with E-state index in [-0.39, 0.29) is 19.0 Å². The van der Waals surface area contributed by atoms with E-state index in [2.05, 4.69) is 5.32 Å². The van der Waals surface area contributed by atoms with Crippen LogP contribution in [0.4, 0.5) is 8.78 Å². The smallest absolute Gasteiger partial charge is 0.262 e. The molecule has 0 aromatic rings. The molecule has 2 rings (SSSR count). The molecule has 1 atom stereocenters. The molecule has 0 aliphatic carbocycles. The van der Waals surface area contributed by atoms with Crippen LogP contribution in [-0.2, 0) is 4.74 Å². The van der Waals surface area contributed by atoms with Crippen LogP contribution in [0.3, 0.4) is 0 Å². The van der Waals surface area contributed by atoms with Gasteiger partial charge in [0.15, 0.2) is 0 Å². The Bertz CT molecular complexity index is 245. The minimum Gasteiger partial charge on any atom is -0.380 e. The zero-order chi connectivity index (χ0) is 12.3. The van der Waals surface area contributed by atoms with Crippen LogP contribution >= 0.6 is 0 Å². The standard InChI is InChI=1S/C12H22F2N2O/c1-2-17-8-11-7-12(13,14)9-16(11)10-3-5-15-6-4-10/h10-11,15H,2-9H2,1H3. The topological polar surface area (TPSA) is 24.5 Å². The molecular weight excluding hydrogens is 226 g/mol. The number of hydrogen-bond acceptors (Lipinski definition) is 3. The van der Waals surface area contributed by atoms with Crippen molar-refractivity contribution >= 4 is 0 Å². The summed E-state index contributed by atoms with van der Waals surface area (Å²) in [4.78, 5) is 1.98. The highest BCUT2D eigenvalue weighted by Crippen LogP contribution is 2.35. The lowest BCUT2D eigenvalue weighted by Gasteiger charge is -2.35. The SMILES string of the molecule is CCOCC1CC(F)(F)CN1C1CCNCC1. The Morgan fingerprint density at radius 2 is 2.06 bits per heavy atom. The van der Waals surface area contributed by atoms with Crippen LogP contribution in [-0.4, -0.2) is 55.8 Å². The maximum atomic E-state index is 13.5. The van der Waals surface area contributed by atoms with Gasteiger partial charge in [-0.05, 0) is 32.9 Å². The Balaban J connectivity index is 1.96. The molecule has 5 heteroatoms. The van der Waals surface area contributed by atoms with Gasteiger partial charge in [-0.25, -0.2) is 8.78 Å². The third-order valence-electron chi connectivity index (χ3n) is 3.71. The number of piperidine rings is 1. The molecule has 1 N–H and O–H groups in total. The second-order valence-corrected chi connectivity index (χ2v) is 5.03. The van der Waals surface area contributed by atoms with Crippen LogP contribution in [0.15, 0.2) is 0 Å². The predicted octanol–water partition coefficient (Wildman–Crippen LogP) is 1.48. The van der Waals surface area contributed by atoms with Crippen LogP contribution in [0.2, 0.25) is 0 Å². The quantitative estimate of drug-likeness (QED) is 0.815. The van der Waals surface area contributed by atoms with E-state index in [4.69, 9.17) is 4.74 Å². The summed E-state index contributed by atoms with van der Waals surface area (Å²) in [5, 5.41) is 3.27. The molecule has 2 aliphatic rings. The monoisotopic (exact) mass is 248 g/mol. The summed E-state index contributed by atoms with van der Waals surface area (Å²) < 4.78 is 32.4. The van der Waals surface area contributed by atoms with Gasteiger partial charge in [-0.15, -0.1) is 0 Å². The summed E-state index contributed by atoms with van der Waals surface area (Å²) in [6.07, 6.45) is 1.90. The average molecular weight is 248 g/mol. The van der Waals surface area contributed by atoms with Gasteiger partial charge in [0.2, 0.25) is 0 Å². The molecule has 1 unspecified atom stereocenters. The highest BCUT2D eigenvalue weighted by Gasteiger charge is 2.47. The van der Waals surface area contributed by atoms with Gasteiger partial charge in [-0.1, -0.05) is 0 Å². The van der Waals surface area contributed by atoms with E-state index >= 15 is 0 Å². The first kappa shape index (κ1) is 13.2. The van der Waals surface area contributed by atoms with Crippen LogP contribution in [0.1, 0.15) is 26.2 Å². The van der Waals surface area contributed by atoms with E-state index in [1.165, 1.54) is 0 Å². The van der Waals surface area contributed by atoms with Gasteiger partial charge in [0, 0.05) is 25.1 Å². The molecular formula is C12H22F2N2O. The normalized spacial score (nSPS) is 30.9. The summed E-state index contributed by atoms with van der Waals surface area (Å²) >= 11 is 0. The van der Waals surface area contributed by atoms with Crippen molar-refractivity contribution in [2.75, 3.05) is 32.8 Å². The van der Waals surface area contributed by atoms with Gasteiger partial charge >= 0.3 is 0 Å². The Morgan fingerprint density at radius 3 is 2.71 bits per heavy atom. The Kier molecular flexibility index (Phi) is 4.33. The molecule has 2 aliphatic heterocycles. The van der Waals surface area contributed by atoms with Gasteiger partial charge in [-0.2, -0.15) is 0 Å². The van der Waals surface area contributed by atoms with Gasteiger partial charge in [-0.3, -0.25) is 4.90 Å². The lowest BCUT2D eigenvalue weighted by atomic mass is 10.0. The number of ether oxygens (including phenoxy) is 1. The van der Waals surface area contributed by atoms with Crippen molar-refractivity contribution in [3.05, 3.63) is 0 Å². The first-order valence-corrected chi connectivity index (χ1v) is 6.54. The number of nitrogens with one attached hydrogen (secondary N) is 1. The zero-order valence-corrected chi connectivity index (χ0v) is 10.4. The molecule has 0 aromatic heterocycles. The number of hydrogen-bond donors (Lipinski definition) is 1. The molecule has 2 saturated heterocycles. The molecule has 2 fully saturated rings. The zero-order valence-electron chi connectivity index (χ0n) is 10.4. The number of rotatable bonds is 4. The van der Waals surface area contributed by atoms with Crippen molar-refractivity contribution in [1.29, 1.82) is 0 Å². The van der Waals surface area contributed by atoms with Gasteiger partial charge in [0.25, 0.3) is 5.92 Å². The highest BCUT2D eigenvalue weighted by atomic mass is 19.3. The van der Waals surface area contributed by atoms with Crippen LogP contribution in [0, 0.1) is 0 Å². The minimum atomic E-state index is -2.54. The maximum Gasteiger partial charge on any atom is 0.262 e. The van der Waals surface area contributed by atoms with Crippen molar-refractivity contribution in [3.8, 4) is 0 Å². The van der Waals surface area contributed by atoms with Crippen LogP contribution < -0.4 is 5.32 Å². The third kappa shape index (κ3) is 3.36.